The molecule has 0 atom stereocenters. The molecule has 1 aliphatic heterocycles. The van der Waals surface area contributed by atoms with E-state index in [-0.39, 0.29) is 5.78 Å². The molecular formula is C18H28N2O2. The van der Waals surface area contributed by atoms with E-state index in [2.05, 4.69) is 23.8 Å². The number of nitrogens with zero attached hydrogens (tertiary/aromatic N) is 2. The average Bonchev–Trinajstić information content (AvgIpc) is 2.54. The van der Waals surface area contributed by atoms with E-state index in [4.69, 9.17) is 4.74 Å². The quantitative estimate of drug-likeness (QED) is 0.725. The molecule has 0 unspecified atom stereocenters. The van der Waals surface area contributed by atoms with Crippen molar-refractivity contribution >= 4 is 5.78 Å². The third-order valence-corrected chi connectivity index (χ3v) is 4.31. The van der Waals surface area contributed by atoms with Gasteiger partial charge in [-0.25, -0.2) is 0 Å². The van der Waals surface area contributed by atoms with Gasteiger partial charge in [0.05, 0.1) is 6.61 Å². The molecule has 0 aromatic heterocycles. The van der Waals surface area contributed by atoms with Crippen LogP contribution >= 0.6 is 0 Å². The van der Waals surface area contributed by atoms with Gasteiger partial charge in [0.25, 0.3) is 0 Å². The molecule has 0 radical (unpaired) electrons. The summed E-state index contributed by atoms with van der Waals surface area (Å²) in [6.07, 6.45) is 1.48. The average molecular weight is 304 g/mol. The van der Waals surface area contributed by atoms with Gasteiger partial charge in [0.1, 0.15) is 5.75 Å². The van der Waals surface area contributed by atoms with Crippen LogP contribution in [0.25, 0.3) is 0 Å². The standard InChI is InChI=1S/C18H28N2O2/c1-4-15-14-16(6-7-18(15)22-5-2)17(21)8-9-20-12-10-19(3)11-13-20/h6-7,14H,4-5,8-13H2,1-3H3. The minimum atomic E-state index is 0.233. The SMILES string of the molecule is CCOc1ccc(C(=O)CCN2CCN(C)CC2)cc1CC. The molecule has 4 nitrogen and oxygen atoms in total. The predicted molar refractivity (Wildman–Crippen MR) is 89.9 cm³/mol. The fraction of sp³-hybridized carbons (Fsp3) is 0.611. The van der Waals surface area contributed by atoms with Crippen molar-refractivity contribution in [2.75, 3.05) is 46.4 Å². The molecule has 0 spiro atoms. The van der Waals surface area contributed by atoms with Crippen molar-refractivity contribution in [2.24, 2.45) is 0 Å². The molecule has 0 N–H and O–H groups in total. The second kappa shape index (κ2) is 8.30. The molecule has 1 aliphatic rings. The largest absolute Gasteiger partial charge is 0.494 e. The Labute approximate surface area is 134 Å². The van der Waals surface area contributed by atoms with E-state index in [1.54, 1.807) is 0 Å². The van der Waals surface area contributed by atoms with Gasteiger partial charge in [0.2, 0.25) is 0 Å². The van der Waals surface area contributed by atoms with Crippen molar-refractivity contribution in [2.45, 2.75) is 26.7 Å². The Morgan fingerprint density at radius 2 is 1.91 bits per heavy atom. The second-order valence-electron chi connectivity index (χ2n) is 5.93. The lowest BCUT2D eigenvalue weighted by Crippen LogP contribution is -2.45. The van der Waals surface area contributed by atoms with Crippen LogP contribution in [0.3, 0.4) is 0 Å². The third-order valence-electron chi connectivity index (χ3n) is 4.31. The van der Waals surface area contributed by atoms with Gasteiger partial charge in [-0.15, -0.1) is 0 Å². The summed E-state index contributed by atoms with van der Waals surface area (Å²) in [5.74, 6) is 1.14. The number of benzene rings is 1. The van der Waals surface area contributed by atoms with Gasteiger partial charge in [0.15, 0.2) is 5.78 Å². The van der Waals surface area contributed by atoms with E-state index < -0.39 is 0 Å². The minimum absolute atomic E-state index is 0.233. The smallest absolute Gasteiger partial charge is 0.164 e. The fourth-order valence-corrected chi connectivity index (χ4v) is 2.80. The summed E-state index contributed by atoms with van der Waals surface area (Å²) < 4.78 is 5.60. The number of carbonyl (C=O) groups is 1. The van der Waals surface area contributed by atoms with Crippen LogP contribution in [0.5, 0.6) is 5.75 Å². The maximum absolute atomic E-state index is 12.4. The molecule has 1 aromatic carbocycles. The number of hydrogen-bond acceptors (Lipinski definition) is 4. The van der Waals surface area contributed by atoms with E-state index >= 15 is 0 Å². The predicted octanol–water partition coefficient (Wildman–Crippen LogP) is 2.47. The summed E-state index contributed by atoms with van der Waals surface area (Å²) in [6, 6.07) is 5.83. The van der Waals surface area contributed by atoms with Gasteiger partial charge in [-0.3, -0.25) is 4.79 Å². The van der Waals surface area contributed by atoms with Crippen LogP contribution in [0, 0.1) is 0 Å². The van der Waals surface area contributed by atoms with Crippen LogP contribution in [-0.2, 0) is 6.42 Å². The molecule has 0 saturated carbocycles. The normalized spacial score (nSPS) is 16.7. The highest BCUT2D eigenvalue weighted by molar-refractivity contribution is 5.96. The monoisotopic (exact) mass is 304 g/mol. The number of likely N-dealkylation sites (N-methyl/N-ethyl adjacent to an activating group) is 1. The Hall–Kier alpha value is -1.39. The van der Waals surface area contributed by atoms with Crippen LogP contribution in [0.15, 0.2) is 18.2 Å². The lowest BCUT2D eigenvalue weighted by Gasteiger charge is -2.32. The van der Waals surface area contributed by atoms with Crippen molar-refractivity contribution in [3.63, 3.8) is 0 Å². The third kappa shape index (κ3) is 4.55. The highest BCUT2D eigenvalue weighted by Gasteiger charge is 2.16. The first kappa shape index (κ1) is 17.0. The Morgan fingerprint density at radius 3 is 2.55 bits per heavy atom. The van der Waals surface area contributed by atoms with Crippen LogP contribution in [0.4, 0.5) is 0 Å². The zero-order chi connectivity index (χ0) is 15.9. The summed E-state index contributed by atoms with van der Waals surface area (Å²) >= 11 is 0. The first-order chi connectivity index (χ1) is 10.6. The maximum Gasteiger partial charge on any atom is 0.164 e. The number of ketones is 1. The maximum atomic E-state index is 12.4. The molecule has 0 aliphatic carbocycles. The van der Waals surface area contributed by atoms with Gasteiger partial charge in [-0.1, -0.05) is 6.92 Å². The summed E-state index contributed by atoms with van der Waals surface area (Å²) in [5.41, 5.74) is 1.93. The Kier molecular flexibility index (Phi) is 6.40. The Balaban J connectivity index is 1.91. The molecular weight excluding hydrogens is 276 g/mol. The van der Waals surface area contributed by atoms with Crippen molar-refractivity contribution in [3.8, 4) is 5.75 Å². The molecule has 0 amide bonds. The molecule has 2 rings (SSSR count). The molecule has 1 fully saturated rings. The summed E-state index contributed by atoms with van der Waals surface area (Å²) in [7, 11) is 2.15. The van der Waals surface area contributed by atoms with Crippen molar-refractivity contribution in [1.82, 2.24) is 9.80 Å². The minimum Gasteiger partial charge on any atom is -0.494 e. The summed E-state index contributed by atoms with van der Waals surface area (Å²) in [4.78, 5) is 17.1. The first-order valence-corrected chi connectivity index (χ1v) is 8.33. The first-order valence-electron chi connectivity index (χ1n) is 8.33. The highest BCUT2D eigenvalue weighted by Crippen LogP contribution is 2.21. The molecule has 1 aromatic rings. The van der Waals surface area contributed by atoms with Gasteiger partial charge in [-0.05, 0) is 44.2 Å². The lowest BCUT2D eigenvalue weighted by atomic mass is 10.0. The molecule has 122 valence electrons. The summed E-state index contributed by atoms with van der Waals surface area (Å²) in [6.45, 7) is 9.91. The number of piperazine rings is 1. The Morgan fingerprint density at radius 1 is 1.18 bits per heavy atom. The van der Waals surface area contributed by atoms with Crippen LogP contribution in [-0.4, -0.2) is 62.0 Å². The van der Waals surface area contributed by atoms with Crippen LogP contribution in [0.1, 0.15) is 36.2 Å². The number of Topliss-reactive ketones (excluding diaryl/α,β-unsaturated/α-hetero) is 1. The van der Waals surface area contributed by atoms with E-state index in [0.717, 1.165) is 56.0 Å². The van der Waals surface area contributed by atoms with Crippen LogP contribution < -0.4 is 4.74 Å². The number of aryl methyl sites for hydroxylation is 1. The lowest BCUT2D eigenvalue weighted by molar-refractivity contribution is 0.0941. The zero-order valence-electron chi connectivity index (χ0n) is 14.1. The van der Waals surface area contributed by atoms with E-state index in [1.807, 2.05) is 25.1 Å². The molecule has 1 saturated heterocycles. The topological polar surface area (TPSA) is 32.8 Å². The number of ether oxygens (including phenoxy) is 1. The molecule has 22 heavy (non-hydrogen) atoms. The van der Waals surface area contributed by atoms with E-state index in [1.165, 1.54) is 0 Å². The fourth-order valence-electron chi connectivity index (χ4n) is 2.80. The zero-order valence-corrected chi connectivity index (χ0v) is 14.1. The van der Waals surface area contributed by atoms with Gasteiger partial charge in [-0.2, -0.15) is 0 Å². The van der Waals surface area contributed by atoms with Gasteiger partial charge >= 0.3 is 0 Å². The van der Waals surface area contributed by atoms with Crippen molar-refractivity contribution in [1.29, 1.82) is 0 Å². The van der Waals surface area contributed by atoms with Crippen molar-refractivity contribution in [3.05, 3.63) is 29.3 Å². The number of rotatable bonds is 7. The van der Waals surface area contributed by atoms with Gasteiger partial charge < -0.3 is 14.5 Å². The van der Waals surface area contributed by atoms with E-state index in [0.29, 0.717) is 13.0 Å². The number of carbonyl (C=O) groups excluding carboxylic acids is 1. The second-order valence-corrected chi connectivity index (χ2v) is 5.93. The number of hydrogen-bond donors (Lipinski definition) is 0. The van der Waals surface area contributed by atoms with Crippen molar-refractivity contribution < 1.29 is 9.53 Å². The van der Waals surface area contributed by atoms with Gasteiger partial charge in [0, 0.05) is 44.7 Å². The highest BCUT2D eigenvalue weighted by atomic mass is 16.5. The van der Waals surface area contributed by atoms with E-state index in [9.17, 15) is 4.79 Å². The summed E-state index contributed by atoms with van der Waals surface area (Å²) in [5, 5.41) is 0. The van der Waals surface area contributed by atoms with Crippen LogP contribution in [0.2, 0.25) is 0 Å². The molecule has 1 heterocycles. The molecule has 4 heteroatoms. The Bertz CT molecular complexity index is 494. The molecule has 0 bridgehead atoms.